The number of ether oxygens (including phenoxy) is 1. The molecule has 1 aromatic rings. The van der Waals surface area contributed by atoms with Gasteiger partial charge in [0.15, 0.2) is 0 Å². The summed E-state index contributed by atoms with van der Waals surface area (Å²) in [6.45, 7) is 2.40. The Labute approximate surface area is 97.9 Å². The van der Waals surface area contributed by atoms with E-state index in [1.807, 2.05) is 31.2 Å². The van der Waals surface area contributed by atoms with E-state index < -0.39 is 0 Å². The van der Waals surface area contributed by atoms with Gasteiger partial charge in [-0.15, -0.1) is 0 Å². The van der Waals surface area contributed by atoms with Gasteiger partial charge in [-0.2, -0.15) is 0 Å². The molecule has 0 radical (unpaired) electrons. The summed E-state index contributed by atoms with van der Waals surface area (Å²) in [5, 5.41) is 3.17. The minimum atomic E-state index is -0.197. The Morgan fingerprint density at radius 2 is 2.33 bits per heavy atom. The van der Waals surface area contributed by atoms with Gasteiger partial charge < -0.3 is 10.1 Å². The highest BCUT2D eigenvalue weighted by Crippen LogP contribution is 2.15. The molecule has 0 aliphatic heterocycles. The molecule has 0 heterocycles. The third-order valence-electron chi connectivity index (χ3n) is 2.04. The van der Waals surface area contributed by atoms with E-state index in [1.165, 1.54) is 7.11 Å². The lowest BCUT2D eigenvalue weighted by molar-refractivity contribution is -0.144. The molecular formula is C11H14BrNO2. The Bertz CT molecular complexity index is 341. The fourth-order valence-corrected chi connectivity index (χ4v) is 1.55. The summed E-state index contributed by atoms with van der Waals surface area (Å²) in [5.74, 6) is -0.341. The molecule has 0 aliphatic carbocycles. The Hall–Kier alpha value is -1.03. The van der Waals surface area contributed by atoms with Crippen LogP contribution >= 0.6 is 15.9 Å². The van der Waals surface area contributed by atoms with E-state index in [9.17, 15) is 4.79 Å². The van der Waals surface area contributed by atoms with Crippen molar-refractivity contribution in [2.24, 2.45) is 5.92 Å². The summed E-state index contributed by atoms with van der Waals surface area (Å²) >= 11 is 3.38. The predicted molar refractivity (Wildman–Crippen MR) is 63.8 cm³/mol. The molecular weight excluding hydrogens is 258 g/mol. The van der Waals surface area contributed by atoms with Gasteiger partial charge in [-0.3, -0.25) is 4.79 Å². The van der Waals surface area contributed by atoms with Crippen molar-refractivity contribution in [3.8, 4) is 0 Å². The van der Waals surface area contributed by atoms with Crippen LogP contribution in [-0.4, -0.2) is 19.6 Å². The SMILES string of the molecule is COC(=O)C(C)CNc1cccc(Br)c1. The van der Waals surface area contributed by atoms with Gasteiger partial charge in [-0.05, 0) is 18.2 Å². The van der Waals surface area contributed by atoms with E-state index in [4.69, 9.17) is 0 Å². The molecule has 0 saturated heterocycles. The number of esters is 1. The number of nitrogens with one attached hydrogen (secondary N) is 1. The summed E-state index contributed by atoms with van der Waals surface area (Å²) in [6, 6.07) is 7.81. The minimum absolute atomic E-state index is 0.144. The van der Waals surface area contributed by atoms with Crippen molar-refractivity contribution in [3.63, 3.8) is 0 Å². The van der Waals surface area contributed by atoms with Crippen molar-refractivity contribution in [1.29, 1.82) is 0 Å². The molecule has 1 aromatic carbocycles. The molecule has 1 rings (SSSR count). The maximum atomic E-state index is 11.1. The van der Waals surface area contributed by atoms with Gasteiger partial charge in [-0.1, -0.05) is 28.9 Å². The van der Waals surface area contributed by atoms with Crippen molar-refractivity contribution in [2.45, 2.75) is 6.92 Å². The molecule has 0 fully saturated rings. The lowest BCUT2D eigenvalue weighted by atomic mass is 10.2. The van der Waals surface area contributed by atoms with Crippen LogP contribution in [0.2, 0.25) is 0 Å². The van der Waals surface area contributed by atoms with Crippen molar-refractivity contribution in [3.05, 3.63) is 28.7 Å². The highest BCUT2D eigenvalue weighted by atomic mass is 79.9. The second-order valence-electron chi connectivity index (χ2n) is 3.32. The molecule has 0 aromatic heterocycles. The molecule has 1 unspecified atom stereocenters. The quantitative estimate of drug-likeness (QED) is 0.856. The number of carbonyl (C=O) groups excluding carboxylic acids is 1. The zero-order valence-corrected chi connectivity index (χ0v) is 10.4. The maximum absolute atomic E-state index is 11.1. The number of carbonyl (C=O) groups is 1. The van der Waals surface area contributed by atoms with Crippen molar-refractivity contribution in [2.75, 3.05) is 19.0 Å². The Kier molecular flexibility index (Phi) is 4.62. The van der Waals surface area contributed by atoms with E-state index in [1.54, 1.807) is 0 Å². The zero-order valence-electron chi connectivity index (χ0n) is 8.79. The molecule has 0 spiro atoms. The first-order chi connectivity index (χ1) is 7.13. The molecule has 1 N–H and O–H groups in total. The zero-order chi connectivity index (χ0) is 11.3. The van der Waals surface area contributed by atoms with Crippen molar-refractivity contribution in [1.82, 2.24) is 0 Å². The lowest BCUT2D eigenvalue weighted by Crippen LogP contribution is -2.21. The molecule has 82 valence electrons. The van der Waals surface area contributed by atoms with Crippen LogP contribution in [0, 0.1) is 5.92 Å². The van der Waals surface area contributed by atoms with E-state index in [0.717, 1.165) is 10.2 Å². The number of halogens is 1. The second-order valence-corrected chi connectivity index (χ2v) is 4.23. The normalized spacial score (nSPS) is 11.9. The van der Waals surface area contributed by atoms with Crippen LogP contribution in [0.3, 0.4) is 0 Å². The first-order valence-electron chi connectivity index (χ1n) is 4.70. The number of rotatable bonds is 4. The van der Waals surface area contributed by atoms with Gasteiger partial charge in [-0.25, -0.2) is 0 Å². The first kappa shape index (κ1) is 12.0. The highest BCUT2D eigenvalue weighted by molar-refractivity contribution is 9.10. The number of methoxy groups -OCH3 is 1. The Morgan fingerprint density at radius 1 is 1.60 bits per heavy atom. The average Bonchev–Trinajstić information content (AvgIpc) is 2.25. The molecule has 4 heteroatoms. The monoisotopic (exact) mass is 271 g/mol. The van der Waals surface area contributed by atoms with Gasteiger partial charge in [0.05, 0.1) is 13.0 Å². The number of hydrogen-bond acceptors (Lipinski definition) is 3. The van der Waals surface area contributed by atoms with Crippen molar-refractivity contribution >= 4 is 27.6 Å². The smallest absolute Gasteiger partial charge is 0.310 e. The average molecular weight is 272 g/mol. The largest absolute Gasteiger partial charge is 0.469 e. The van der Waals surface area contributed by atoms with Gasteiger partial charge in [0.2, 0.25) is 0 Å². The van der Waals surface area contributed by atoms with E-state index in [2.05, 4.69) is 26.0 Å². The van der Waals surface area contributed by atoms with Crippen LogP contribution in [0.15, 0.2) is 28.7 Å². The van der Waals surface area contributed by atoms with E-state index in [-0.39, 0.29) is 11.9 Å². The molecule has 0 amide bonds. The van der Waals surface area contributed by atoms with Crippen LogP contribution in [0.1, 0.15) is 6.92 Å². The molecule has 0 saturated carbocycles. The predicted octanol–water partition coefficient (Wildman–Crippen LogP) is 2.67. The second kappa shape index (κ2) is 5.75. The summed E-state index contributed by atoms with van der Waals surface area (Å²) in [6.07, 6.45) is 0. The third kappa shape index (κ3) is 3.91. The Balaban J connectivity index is 2.47. The fourth-order valence-electron chi connectivity index (χ4n) is 1.15. The van der Waals surface area contributed by atoms with Gasteiger partial charge in [0.25, 0.3) is 0 Å². The van der Waals surface area contributed by atoms with Crippen LogP contribution in [0.5, 0.6) is 0 Å². The summed E-state index contributed by atoms with van der Waals surface area (Å²) < 4.78 is 5.65. The van der Waals surface area contributed by atoms with Gasteiger partial charge in [0, 0.05) is 16.7 Å². The molecule has 0 bridgehead atoms. The Morgan fingerprint density at radius 3 is 2.93 bits per heavy atom. The van der Waals surface area contributed by atoms with Crippen molar-refractivity contribution < 1.29 is 9.53 Å². The highest BCUT2D eigenvalue weighted by Gasteiger charge is 2.12. The van der Waals surface area contributed by atoms with Crippen LogP contribution in [0.4, 0.5) is 5.69 Å². The summed E-state index contributed by atoms with van der Waals surface area (Å²) in [5.41, 5.74) is 0.986. The lowest BCUT2D eigenvalue weighted by Gasteiger charge is -2.11. The fraction of sp³-hybridized carbons (Fsp3) is 0.364. The first-order valence-corrected chi connectivity index (χ1v) is 5.50. The molecule has 1 atom stereocenters. The topological polar surface area (TPSA) is 38.3 Å². The summed E-state index contributed by atoms with van der Waals surface area (Å²) in [7, 11) is 1.40. The van der Waals surface area contributed by atoms with Crippen LogP contribution < -0.4 is 5.32 Å². The maximum Gasteiger partial charge on any atom is 0.310 e. The number of anilines is 1. The standard InChI is InChI=1S/C11H14BrNO2/c1-8(11(14)15-2)7-13-10-5-3-4-9(12)6-10/h3-6,8,13H,7H2,1-2H3. The third-order valence-corrected chi connectivity index (χ3v) is 2.53. The van der Waals surface area contributed by atoms with Gasteiger partial charge >= 0.3 is 5.97 Å². The van der Waals surface area contributed by atoms with E-state index in [0.29, 0.717) is 6.54 Å². The minimum Gasteiger partial charge on any atom is -0.469 e. The van der Waals surface area contributed by atoms with Crippen LogP contribution in [-0.2, 0) is 9.53 Å². The van der Waals surface area contributed by atoms with Gasteiger partial charge in [0.1, 0.15) is 0 Å². The number of benzene rings is 1. The molecule has 3 nitrogen and oxygen atoms in total. The number of hydrogen-bond donors (Lipinski definition) is 1. The van der Waals surface area contributed by atoms with Crippen LogP contribution in [0.25, 0.3) is 0 Å². The van der Waals surface area contributed by atoms with E-state index >= 15 is 0 Å². The summed E-state index contributed by atoms with van der Waals surface area (Å²) in [4.78, 5) is 11.1. The molecule has 0 aliphatic rings. The molecule has 15 heavy (non-hydrogen) atoms.